The first-order valence-corrected chi connectivity index (χ1v) is 8.95. The van der Waals surface area contributed by atoms with Gasteiger partial charge in [0.1, 0.15) is 12.1 Å². The van der Waals surface area contributed by atoms with Gasteiger partial charge in [0.15, 0.2) is 0 Å². The molecule has 3 heterocycles. The van der Waals surface area contributed by atoms with Gasteiger partial charge in [-0.05, 0) is 25.1 Å². The highest BCUT2D eigenvalue weighted by atomic mass is 35.5. The number of anilines is 1. The van der Waals surface area contributed by atoms with Gasteiger partial charge in [-0.15, -0.1) is 0 Å². The molecule has 1 aliphatic heterocycles. The highest BCUT2D eigenvalue weighted by Crippen LogP contribution is 2.24. The van der Waals surface area contributed by atoms with Crippen LogP contribution in [-0.4, -0.2) is 56.6 Å². The van der Waals surface area contributed by atoms with Crippen molar-refractivity contribution in [2.45, 2.75) is 6.92 Å². The number of aromatic nitrogens is 4. The Morgan fingerprint density at radius 3 is 2.58 bits per heavy atom. The molecule has 26 heavy (non-hydrogen) atoms. The molecular formula is C17H16Cl2N6O. The Morgan fingerprint density at radius 1 is 1.08 bits per heavy atom. The zero-order valence-corrected chi connectivity index (χ0v) is 15.6. The first kappa shape index (κ1) is 17.1. The van der Waals surface area contributed by atoms with Gasteiger partial charge in [0.05, 0.1) is 10.0 Å². The van der Waals surface area contributed by atoms with Crippen LogP contribution in [-0.2, 0) is 0 Å². The largest absolute Gasteiger partial charge is 0.353 e. The molecule has 0 bridgehead atoms. The molecule has 1 aromatic carbocycles. The fourth-order valence-corrected chi connectivity index (χ4v) is 3.38. The summed E-state index contributed by atoms with van der Waals surface area (Å²) >= 11 is 12.0. The number of hydrogen-bond acceptors (Lipinski definition) is 5. The van der Waals surface area contributed by atoms with Crippen LogP contribution in [0.1, 0.15) is 16.1 Å². The maximum atomic E-state index is 12.7. The highest BCUT2D eigenvalue weighted by molar-refractivity contribution is 6.42. The lowest BCUT2D eigenvalue weighted by Crippen LogP contribution is -2.49. The van der Waals surface area contributed by atoms with E-state index in [0.717, 1.165) is 11.5 Å². The van der Waals surface area contributed by atoms with Crippen molar-refractivity contribution in [3.63, 3.8) is 0 Å². The van der Waals surface area contributed by atoms with E-state index in [2.05, 4.69) is 20.0 Å². The molecule has 134 valence electrons. The fourth-order valence-electron chi connectivity index (χ4n) is 3.09. The van der Waals surface area contributed by atoms with Gasteiger partial charge in [0, 0.05) is 43.5 Å². The molecule has 3 aromatic rings. The van der Waals surface area contributed by atoms with Crippen molar-refractivity contribution in [3.8, 4) is 0 Å². The maximum Gasteiger partial charge on any atom is 0.254 e. The molecule has 0 spiro atoms. The third-order valence-electron chi connectivity index (χ3n) is 4.42. The van der Waals surface area contributed by atoms with Crippen LogP contribution in [0.15, 0.2) is 30.6 Å². The number of carbonyl (C=O) groups is 1. The van der Waals surface area contributed by atoms with Crippen molar-refractivity contribution < 1.29 is 4.79 Å². The minimum atomic E-state index is -0.0416. The molecule has 7 nitrogen and oxygen atoms in total. The van der Waals surface area contributed by atoms with E-state index in [1.165, 1.54) is 6.33 Å². The monoisotopic (exact) mass is 390 g/mol. The lowest BCUT2D eigenvalue weighted by atomic mass is 10.2. The number of carbonyl (C=O) groups excluding carboxylic acids is 1. The van der Waals surface area contributed by atoms with Crippen molar-refractivity contribution in [2.75, 3.05) is 31.1 Å². The number of halogens is 2. The number of amides is 1. The third-order valence-corrected chi connectivity index (χ3v) is 5.16. The second-order valence-corrected chi connectivity index (χ2v) is 6.95. The Bertz CT molecular complexity index is 981. The number of benzene rings is 1. The van der Waals surface area contributed by atoms with Crippen LogP contribution in [0.5, 0.6) is 0 Å². The summed E-state index contributed by atoms with van der Waals surface area (Å²) in [4.78, 5) is 25.2. The molecule has 1 fully saturated rings. The van der Waals surface area contributed by atoms with E-state index in [-0.39, 0.29) is 5.91 Å². The van der Waals surface area contributed by atoms with E-state index >= 15 is 0 Å². The summed E-state index contributed by atoms with van der Waals surface area (Å²) in [6.45, 7) is 4.55. The van der Waals surface area contributed by atoms with Crippen LogP contribution in [0.4, 0.5) is 5.82 Å². The molecule has 0 unspecified atom stereocenters. The van der Waals surface area contributed by atoms with E-state index < -0.39 is 0 Å². The normalized spacial score (nSPS) is 14.9. The summed E-state index contributed by atoms with van der Waals surface area (Å²) in [5.74, 6) is 1.47. The van der Waals surface area contributed by atoms with Crippen molar-refractivity contribution in [3.05, 3.63) is 51.9 Å². The summed E-state index contributed by atoms with van der Waals surface area (Å²) in [7, 11) is 0. The van der Waals surface area contributed by atoms with Gasteiger partial charge in [0.25, 0.3) is 11.7 Å². The molecule has 1 amide bonds. The van der Waals surface area contributed by atoms with E-state index in [1.807, 2.05) is 17.9 Å². The van der Waals surface area contributed by atoms with Gasteiger partial charge < -0.3 is 9.80 Å². The first-order chi connectivity index (χ1) is 12.5. The minimum absolute atomic E-state index is 0.0416. The zero-order valence-electron chi connectivity index (χ0n) is 14.1. The second kappa shape index (κ2) is 6.74. The van der Waals surface area contributed by atoms with E-state index in [4.69, 9.17) is 23.2 Å². The maximum absolute atomic E-state index is 12.7. The van der Waals surface area contributed by atoms with Gasteiger partial charge >= 0.3 is 0 Å². The van der Waals surface area contributed by atoms with Gasteiger partial charge in [-0.2, -0.15) is 14.6 Å². The second-order valence-electron chi connectivity index (χ2n) is 6.14. The summed E-state index contributed by atoms with van der Waals surface area (Å²) in [6, 6.07) is 6.95. The number of nitrogens with zero attached hydrogens (tertiary/aromatic N) is 6. The SMILES string of the molecule is Cc1cc(N2CCN(C(=O)c3ccc(Cl)c(Cl)c3)CC2)n2ncnc2n1. The average Bonchev–Trinajstić information content (AvgIpc) is 3.11. The lowest BCUT2D eigenvalue weighted by Gasteiger charge is -2.36. The van der Waals surface area contributed by atoms with Crippen LogP contribution < -0.4 is 4.90 Å². The summed E-state index contributed by atoms with van der Waals surface area (Å²) in [6.07, 6.45) is 1.50. The summed E-state index contributed by atoms with van der Waals surface area (Å²) in [5.41, 5.74) is 1.43. The molecule has 0 atom stereocenters. The standard InChI is InChI=1S/C17H16Cl2N6O/c1-11-8-15(25-17(22-11)20-10-21-25)23-4-6-24(7-5-23)16(26)12-2-3-13(18)14(19)9-12/h2-3,8-10H,4-7H2,1H3. The number of aryl methyl sites for hydroxylation is 1. The molecule has 0 aliphatic carbocycles. The van der Waals surface area contributed by atoms with Gasteiger partial charge in [0.2, 0.25) is 0 Å². The number of rotatable bonds is 2. The van der Waals surface area contributed by atoms with E-state index in [0.29, 0.717) is 47.6 Å². The van der Waals surface area contributed by atoms with Gasteiger partial charge in [-0.3, -0.25) is 4.79 Å². The summed E-state index contributed by atoms with van der Waals surface area (Å²) in [5, 5.41) is 5.08. The molecule has 1 saturated heterocycles. The molecule has 0 radical (unpaired) electrons. The molecule has 2 aromatic heterocycles. The van der Waals surface area contributed by atoms with E-state index in [1.54, 1.807) is 22.7 Å². The highest BCUT2D eigenvalue weighted by Gasteiger charge is 2.24. The topological polar surface area (TPSA) is 66.6 Å². The van der Waals surface area contributed by atoms with Gasteiger partial charge in [-0.1, -0.05) is 23.2 Å². The number of fused-ring (bicyclic) bond motifs is 1. The molecular weight excluding hydrogens is 375 g/mol. The molecule has 1 aliphatic rings. The van der Waals surface area contributed by atoms with Crippen LogP contribution in [0.2, 0.25) is 10.0 Å². The van der Waals surface area contributed by atoms with Crippen molar-refractivity contribution in [1.82, 2.24) is 24.5 Å². The molecule has 9 heteroatoms. The third kappa shape index (κ3) is 3.08. The Morgan fingerprint density at radius 2 is 1.85 bits per heavy atom. The summed E-state index contributed by atoms with van der Waals surface area (Å²) < 4.78 is 1.73. The minimum Gasteiger partial charge on any atom is -0.353 e. The van der Waals surface area contributed by atoms with Crippen LogP contribution in [0.3, 0.4) is 0 Å². The first-order valence-electron chi connectivity index (χ1n) is 8.19. The van der Waals surface area contributed by atoms with Crippen molar-refractivity contribution in [1.29, 1.82) is 0 Å². The average molecular weight is 391 g/mol. The van der Waals surface area contributed by atoms with Crippen LogP contribution in [0, 0.1) is 6.92 Å². The number of hydrogen-bond donors (Lipinski definition) is 0. The number of piperazine rings is 1. The smallest absolute Gasteiger partial charge is 0.254 e. The molecule has 0 N–H and O–H groups in total. The zero-order chi connectivity index (χ0) is 18.3. The van der Waals surface area contributed by atoms with Crippen molar-refractivity contribution in [2.24, 2.45) is 0 Å². The Balaban J connectivity index is 1.51. The predicted octanol–water partition coefficient (Wildman–Crippen LogP) is 2.70. The van der Waals surface area contributed by atoms with Crippen molar-refractivity contribution >= 4 is 40.7 Å². The molecule has 4 rings (SSSR count). The Hall–Kier alpha value is -2.38. The lowest BCUT2D eigenvalue weighted by molar-refractivity contribution is 0.0746. The van der Waals surface area contributed by atoms with E-state index in [9.17, 15) is 4.79 Å². The Kier molecular flexibility index (Phi) is 4.42. The molecule has 0 saturated carbocycles. The quantitative estimate of drug-likeness (QED) is 0.672. The van der Waals surface area contributed by atoms with Crippen LogP contribution in [0.25, 0.3) is 5.78 Å². The predicted molar refractivity (Wildman–Crippen MR) is 100 cm³/mol. The Labute approximate surface area is 160 Å². The van der Waals surface area contributed by atoms with Crippen LogP contribution >= 0.6 is 23.2 Å². The van der Waals surface area contributed by atoms with Gasteiger partial charge in [-0.25, -0.2) is 4.98 Å². The fraction of sp³-hybridized carbons (Fsp3) is 0.294.